The molecule has 4 rings (SSSR count). The largest absolute Gasteiger partial charge is 0.343 e. The SMILES string of the molecule is C=CCCCC(=O)N1CCC(c2nc(C(=O)Nc3ccccc3-c3ccccc3)cs2)CC1. The van der Waals surface area contributed by atoms with Gasteiger partial charge in [0.1, 0.15) is 5.69 Å². The van der Waals surface area contributed by atoms with Crippen molar-refractivity contribution in [2.75, 3.05) is 18.4 Å². The minimum absolute atomic E-state index is 0.198. The molecule has 0 radical (unpaired) electrons. The second-order valence-electron chi connectivity index (χ2n) is 8.27. The molecule has 0 spiro atoms. The highest BCUT2D eigenvalue weighted by molar-refractivity contribution is 7.10. The number of allylic oxidation sites excluding steroid dienone is 1. The van der Waals surface area contributed by atoms with E-state index in [4.69, 9.17) is 0 Å². The molecule has 0 atom stereocenters. The first-order chi connectivity index (χ1) is 16.2. The molecular weight excluding hydrogens is 430 g/mol. The number of thiazole rings is 1. The minimum Gasteiger partial charge on any atom is -0.343 e. The van der Waals surface area contributed by atoms with E-state index < -0.39 is 0 Å². The van der Waals surface area contributed by atoms with Gasteiger partial charge in [-0.25, -0.2) is 4.98 Å². The fourth-order valence-electron chi connectivity index (χ4n) is 4.16. The lowest BCUT2D eigenvalue weighted by Gasteiger charge is -2.31. The third-order valence-electron chi connectivity index (χ3n) is 6.01. The molecule has 0 bridgehead atoms. The van der Waals surface area contributed by atoms with E-state index in [9.17, 15) is 9.59 Å². The molecule has 5 nitrogen and oxygen atoms in total. The van der Waals surface area contributed by atoms with Crippen molar-refractivity contribution in [3.8, 4) is 11.1 Å². The third kappa shape index (κ3) is 5.76. The Morgan fingerprint density at radius 3 is 2.58 bits per heavy atom. The van der Waals surface area contributed by atoms with Gasteiger partial charge in [0.2, 0.25) is 5.91 Å². The number of piperidine rings is 1. The third-order valence-corrected chi connectivity index (χ3v) is 7.02. The maximum Gasteiger partial charge on any atom is 0.275 e. The highest BCUT2D eigenvalue weighted by Crippen LogP contribution is 2.32. The summed E-state index contributed by atoms with van der Waals surface area (Å²) in [5.74, 6) is 0.327. The van der Waals surface area contributed by atoms with Crippen LogP contribution in [-0.2, 0) is 4.79 Å². The molecule has 33 heavy (non-hydrogen) atoms. The van der Waals surface area contributed by atoms with Gasteiger partial charge in [-0.3, -0.25) is 9.59 Å². The van der Waals surface area contributed by atoms with Crippen LogP contribution in [0.4, 0.5) is 5.69 Å². The Bertz CT molecular complexity index is 1100. The van der Waals surface area contributed by atoms with Gasteiger partial charge in [-0.1, -0.05) is 54.6 Å². The van der Waals surface area contributed by atoms with E-state index in [0.717, 1.165) is 60.6 Å². The molecule has 2 heterocycles. The predicted octanol–water partition coefficient (Wildman–Crippen LogP) is 6.12. The first-order valence-electron chi connectivity index (χ1n) is 11.5. The molecule has 1 aliphatic rings. The molecule has 0 aliphatic carbocycles. The molecular formula is C27H29N3O2S. The summed E-state index contributed by atoms with van der Waals surface area (Å²) >= 11 is 1.54. The van der Waals surface area contributed by atoms with Crippen molar-refractivity contribution < 1.29 is 9.59 Å². The lowest BCUT2D eigenvalue weighted by molar-refractivity contribution is -0.132. The second kappa shape index (κ2) is 11.1. The zero-order valence-electron chi connectivity index (χ0n) is 18.7. The highest BCUT2D eigenvalue weighted by atomic mass is 32.1. The standard InChI is InChI=1S/C27H29N3O2S/c1-2-3-5-14-25(31)30-17-15-21(16-18-30)27-29-24(19-33-27)26(32)28-23-13-9-8-12-22(23)20-10-6-4-7-11-20/h2,4,6-13,19,21H,1,3,5,14-18H2,(H,28,32). The van der Waals surface area contributed by atoms with Crippen molar-refractivity contribution in [2.24, 2.45) is 0 Å². The summed E-state index contributed by atoms with van der Waals surface area (Å²) in [6.45, 7) is 5.22. The van der Waals surface area contributed by atoms with Crippen LogP contribution in [-0.4, -0.2) is 34.8 Å². The summed E-state index contributed by atoms with van der Waals surface area (Å²) in [6.07, 6.45) is 5.96. The molecule has 1 saturated heterocycles. The maximum atomic E-state index is 12.9. The van der Waals surface area contributed by atoms with E-state index in [-0.39, 0.29) is 11.8 Å². The maximum absolute atomic E-state index is 12.9. The van der Waals surface area contributed by atoms with Crippen molar-refractivity contribution in [2.45, 2.75) is 38.0 Å². The van der Waals surface area contributed by atoms with Crippen LogP contribution in [0.5, 0.6) is 0 Å². The van der Waals surface area contributed by atoms with E-state index >= 15 is 0 Å². The molecule has 0 saturated carbocycles. The summed E-state index contributed by atoms with van der Waals surface area (Å²) < 4.78 is 0. The summed E-state index contributed by atoms with van der Waals surface area (Å²) in [5.41, 5.74) is 3.25. The normalized spacial score (nSPS) is 14.1. The van der Waals surface area contributed by atoms with Gasteiger partial charge in [-0.15, -0.1) is 17.9 Å². The van der Waals surface area contributed by atoms with E-state index in [1.807, 2.05) is 71.0 Å². The monoisotopic (exact) mass is 459 g/mol. The van der Waals surface area contributed by atoms with Crippen LogP contribution in [0, 0.1) is 0 Å². The van der Waals surface area contributed by atoms with Crippen LogP contribution >= 0.6 is 11.3 Å². The lowest BCUT2D eigenvalue weighted by Crippen LogP contribution is -2.37. The summed E-state index contributed by atoms with van der Waals surface area (Å²) in [5, 5.41) is 5.85. The molecule has 1 aliphatic heterocycles. The van der Waals surface area contributed by atoms with Crippen LogP contribution in [0.1, 0.15) is 53.5 Å². The molecule has 3 aromatic rings. The number of para-hydroxylation sites is 1. The smallest absolute Gasteiger partial charge is 0.275 e. The van der Waals surface area contributed by atoms with Gasteiger partial charge >= 0.3 is 0 Å². The van der Waals surface area contributed by atoms with E-state index in [1.165, 1.54) is 11.3 Å². The Balaban J connectivity index is 1.36. The number of hydrogen-bond donors (Lipinski definition) is 1. The van der Waals surface area contributed by atoms with Crippen molar-refractivity contribution in [1.82, 2.24) is 9.88 Å². The fourth-order valence-corrected chi connectivity index (χ4v) is 5.13. The van der Waals surface area contributed by atoms with E-state index in [0.29, 0.717) is 18.0 Å². The number of carbonyl (C=O) groups is 2. The van der Waals surface area contributed by atoms with Gasteiger partial charge in [0.05, 0.1) is 5.01 Å². The Hall–Kier alpha value is -3.25. The fraction of sp³-hybridized carbons (Fsp3) is 0.296. The number of benzene rings is 2. The summed E-state index contributed by atoms with van der Waals surface area (Å²) in [4.78, 5) is 31.9. The summed E-state index contributed by atoms with van der Waals surface area (Å²) in [7, 11) is 0. The van der Waals surface area contributed by atoms with Gasteiger partial charge < -0.3 is 10.2 Å². The molecule has 1 aromatic heterocycles. The van der Waals surface area contributed by atoms with Gasteiger partial charge in [0.25, 0.3) is 5.91 Å². The van der Waals surface area contributed by atoms with Crippen LogP contribution in [0.25, 0.3) is 11.1 Å². The number of nitrogens with zero attached hydrogens (tertiary/aromatic N) is 2. The van der Waals surface area contributed by atoms with Crippen LogP contribution in [0.2, 0.25) is 0 Å². The highest BCUT2D eigenvalue weighted by Gasteiger charge is 2.26. The Kier molecular flexibility index (Phi) is 7.68. The van der Waals surface area contributed by atoms with Crippen LogP contribution in [0.15, 0.2) is 72.6 Å². The Morgan fingerprint density at radius 1 is 1.09 bits per heavy atom. The Labute approximate surface area is 199 Å². The number of likely N-dealkylation sites (tertiary alicyclic amines) is 1. The number of unbranched alkanes of at least 4 members (excludes halogenated alkanes) is 1. The molecule has 0 unspecified atom stereocenters. The molecule has 6 heteroatoms. The topological polar surface area (TPSA) is 62.3 Å². The van der Waals surface area contributed by atoms with Gasteiger partial charge in [-0.05, 0) is 37.3 Å². The van der Waals surface area contributed by atoms with Crippen molar-refractivity contribution in [1.29, 1.82) is 0 Å². The number of rotatable bonds is 8. The molecule has 170 valence electrons. The van der Waals surface area contributed by atoms with Gasteiger partial charge in [-0.2, -0.15) is 0 Å². The van der Waals surface area contributed by atoms with Crippen molar-refractivity contribution in [3.63, 3.8) is 0 Å². The van der Waals surface area contributed by atoms with Crippen LogP contribution in [0.3, 0.4) is 0 Å². The first-order valence-corrected chi connectivity index (χ1v) is 12.3. The number of amides is 2. The zero-order chi connectivity index (χ0) is 23.0. The quantitative estimate of drug-likeness (QED) is 0.326. The predicted molar refractivity (Wildman–Crippen MR) is 135 cm³/mol. The average Bonchev–Trinajstić information content (AvgIpc) is 3.36. The van der Waals surface area contributed by atoms with Gasteiger partial charge in [0, 0.05) is 42.1 Å². The number of hydrogen-bond acceptors (Lipinski definition) is 4. The van der Waals surface area contributed by atoms with E-state index in [1.54, 1.807) is 0 Å². The van der Waals surface area contributed by atoms with Crippen LogP contribution < -0.4 is 5.32 Å². The first kappa shape index (κ1) is 22.9. The number of nitrogens with one attached hydrogen (secondary N) is 1. The molecule has 1 N–H and O–H groups in total. The number of aromatic nitrogens is 1. The van der Waals surface area contributed by atoms with Crippen molar-refractivity contribution >= 4 is 28.8 Å². The molecule has 1 fully saturated rings. The van der Waals surface area contributed by atoms with Crippen molar-refractivity contribution in [3.05, 3.63) is 83.3 Å². The molecule has 2 aromatic carbocycles. The van der Waals surface area contributed by atoms with Gasteiger partial charge in [0.15, 0.2) is 0 Å². The lowest BCUT2D eigenvalue weighted by atomic mass is 9.97. The average molecular weight is 460 g/mol. The zero-order valence-corrected chi connectivity index (χ0v) is 19.5. The Morgan fingerprint density at radius 2 is 1.82 bits per heavy atom. The summed E-state index contributed by atoms with van der Waals surface area (Å²) in [6, 6.07) is 17.8. The molecule has 2 amide bonds. The number of anilines is 1. The van der Waals surface area contributed by atoms with E-state index in [2.05, 4.69) is 16.9 Å². The second-order valence-corrected chi connectivity index (χ2v) is 9.16. The minimum atomic E-state index is -0.198. The number of carbonyl (C=O) groups excluding carboxylic acids is 2.